The van der Waals surface area contributed by atoms with Gasteiger partial charge in [-0.05, 0) is 54.7 Å². The average Bonchev–Trinajstić information content (AvgIpc) is 2.76. The number of halogens is 3. The first-order valence-electron chi connectivity index (χ1n) is 11.1. The molecule has 0 aliphatic rings. The van der Waals surface area contributed by atoms with Gasteiger partial charge in [0.1, 0.15) is 0 Å². The minimum atomic E-state index is -5.08. The Morgan fingerprint density at radius 1 is 1.06 bits per heavy atom. The molecule has 0 amide bonds. The Balaban J connectivity index is 0.000000809. The summed E-state index contributed by atoms with van der Waals surface area (Å²) in [4.78, 5) is 22.6. The van der Waals surface area contributed by atoms with Gasteiger partial charge in [0, 0.05) is 19.3 Å². The maximum atomic E-state index is 12.7. The number of sulfonamides is 1. The van der Waals surface area contributed by atoms with Gasteiger partial charge in [-0.2, -0.15) is 13.2 Å². The summed E-state index contributed by atoms with van der Waals surface area (Å²) in [5, 5.41) is 16.7. The Morgan fingerprint density at radius 3 is 2.06 bits per heavy atom. The van der Waals surface area contributed by atoms with Crippen LogP contribution in [0.4, 0.5) is 24.5 Å². The summed E-state index contributed by atoms with van der Waals surface area (Å²) in [5.41, 5.74) is 1.93. The van der Waals surface area contributed by atoms with Crippen LogP contribution in [0.15, 0.2) is 47.4 Å². The highest BCUT2D eigenvalue weighted by Gasteiger charge is 2.38. The molecule has 2 aromatic rings. The standard InChI is InChI=1S/C22H30N2O4S.C2HF3O2/c1-5-6-13-24(4)21-12-9-18(15-20(21)22(25)26)23-29(27,28)19-10-7-17(8-11-19)14-16(2)3;3-2(4,5)1(6)7/h7-12,15-16,23H,5-6,13-14H2,1-4H3,(H,25,26);(H,6,7). The van der Waals surface area contributed by atoms with E-state index in [-0.39, 0.29) is 16.1 Å². The van der Waals surface area contributed by atoms with E-state index in [9.17, 15) is 31.5 Å². The first-order chi connectivity index (χ1) is 16.6. The number of carbonyl (C=O) groups is 2. The second kappa shape index (κ2) is 13.1. The van der Waals surface area contributed by atoms with E-state index in [0.29, 0.717) is 11.6 Å². The number of carboxylic acids is 2. The number of nitrogens with zero attached hydrogens (tertiary/aromatic N) is 1. The van der Waals surface area contributed by atoms with Crippen LogP contribution >= 0.6 is 0 Å². The van der Waals surface area contributed by atoms with E-state index in [1.165, 1.54) is 6.07 Å². The molecule has 0 aliphatic heterocycles. The molecule has 12 heteroatoms. The molecule has 0 radical (unpaired) electrons. The zero-order chi connectivity index (χ0) is 27.7. The van der Waals surface area contributed by atoms with E-state index in [2.05, 4.69) is 25.5 Å². The van der Waals surface area contributed by atoms with E-state index in [4.69, 9.17) is 9.90 Å². The summed E-state index contributed by atoms with van der Waals surface area (Å²) in [6, 6.07) is 11.4. The molecule has 2 rings (SSSR count). The number of benzene rings is 2. The van der Waals surface area contributed by atoms with Crippen LogP contribution in [0, 0.1) is 5.92 Å². The third kappa shape index (κ3) is 9.76. The molecular formula is C24H31F3N2O6S. The smallest absolute Gasteiger partial charge is 0.478 e. The summed E-state index contributed by atoms with van der Waals surface area (Å²) in [7, 11) is -1.97. The van der Waals surface area contributed by atoms with Crippen molar-refractivity contribution in [1.29, 1.82) is 0 Å². The summed E-state index contributed by atoms with van der Waals surface area (Å²) >= 11 is 0. The van der Waals surface area contributed by atoms with Gasteiger partial charge in [-0.15, -0.1) is 0 Å². The summed E-state index contributed by atoms with van der Waals surface area (Å²) in [5.74, 6) is -3.37. The maximum Gasteiger partial charge on any atom is 0.490 e. The lowest BCUT2D eigenvalue weighted by Gasteiger charge is -2.21. The van der Waals surface area contributed by atoms with Gasteiger partial charge in [0.25, 0.3) is 10.0 Å². The van der Waals surface area contributed by atoms with Crippen molar-refractivity contribution >= 4 is 33.3 Å². The van der Waals surface area contributed by atoms with Crippen LogP contribution in [0.1, 0.15) is 49.5 Å². The summed E-state index contributed by atoms with van der Waals surface area (Å²) < 4.78 is 59.6. The highest BCUT2D eigenvalue weighted by atomic mass is 32.2. The molecular weight excluding hydrogens is 501 g/mol. The normalized spacial score (nSPS) is 11.4. The molecule has 0 aromatic heterocycles. The maximum absolute atomic E-state index is 12.7. The molecule has 0 spiro atoms. The van der Waals surface area contributed by atoms with Crippen molar-refractivity contribution in [2.24, 2.45) is 5.92 Å². The first-order valence-corrected chi connectivity index (χ1v) is 12.6. The lowest BCUT2D eigenvalue weighted by Crippen LogP contribution is -2.21. The van der Waals surface area contributed by atoms with E-state index in [1.54, 1.807) is 24.3 Å². The zero-order valence-electron chi connectivity index (χ0n) is 20.5. The molecule has 0 unspecified atom stereocenters. The highest BCUT2D eigenvalue weighted by Crippen LogP contribution is 2.26. The topological polar surface area (TPSA) is 124 Å². The molecule has 0 saturated heterocycles. The molecule has 3 N–H and O–H groups in total. The Kier molecular flexibility index (Phi) is 11.2. The Hall–Kier alpha value is -3.28. The summed E-state index contributed by atoms with van der Waals surface area (Å²) in [6.07, 6.45) is -2.26. The SMILES string of the molecule is CCCCN(C)c1ccc(NS(=O)(=O)c2ccc(CC(C)C)cc2)cc1C(=O)O.O=C(O)C(F)(F)F. The van der Waals surface area contributed by atoms with Gasteiger partial charge in [-0.25, -0.2) is 18.0 Å². The van der Waals surface area contributed by atoms with E-state index in [0.717, 1.165) is 31.4 Å². The number of hydrogen-bond acceptors (Lipinski definition) is 5. The van der Waals surface area contributed by atoms with Crippen LogP contribution in [0.2, 0.25) is 0 Å². The van der Waals surface area contributed by atoms with Crippen molar-refractivity contribution in [3.8, 4) is 0 Å². The van der Waals surface area contributed by atoms with Gasteiger partial charge >= 0.3 is 18.1 Å². The van der Waals surface area contributed by atoms with Gasteiger partial charge in [0.15, 0.2) is 0 Å². The predicted molar refractivity (Wildman–Crippen MR) is 131 cm³/mol. The van der Waals surface area contributed by atoms with Crippen molar-refractivity contribution in [2.45, 2.75) is 51.1 Å². The quantitative estimate of drug-likeness (QED) is 0.382. The molecule has 0 aliphatic carbocycles. The third-order valence-electron chi connectivity index (χ3n) is 4.86. The Labute approximate surface area is 208 Å². The molecule has 0 atom stereocenters. The van der Waals surface area contributed by atoms with Crippen LogP contribution < -0.4 is 9.62 Å². The van der Waals surface area contributed by atoms with Crippen LogP contribution in [-0.2, 0) is 21.2 Å². The fourth-order valence-electron chi connectivity index (χ4n) is 3.11. The predicted octanol–water partition coefficient (Wildman–Crippen LogP) is 5.25. The number of anilines is 2. The largest absolute Gasteiger partial charge is 0.490 e. The van der Waals surface area contributed by atoms with Gasteiger partial charge in [0.05, 0.1) is 16.1 Å². The first kappa shape index (κ1) is 30.8. The second-order valence-electron chi connectivity index (χ2n) is 8.46. The minimum absolute atomic E-state index is 0.0658. The molecule has 0 fully saturated rings. The van der Waals surface area contributed by atoms with Crippen molar-refractivity contribution in [2.75, 3.05) is 23.2 Å². The Bertz CT molecular complexity index is 1130. The number of carboxylic acid groups (broad SMARTS) is 2. The number of alkyl halides is 3. The molecule has 0 heterocycles. The summed E-state index contributed by atoms with van der Waals surface area (Å²) in [6.45, 7) is 7.01. The fourth-order valence-corrected chi connectivity index (χ4v) is 4.16. The van der Waals surface area contributed by atoms with Gasteiger partial charge < -0.3 is 15.1 Å². The highest BCUT2D eigenvalue weighted by molar-refractivity contribution is 7.92. The number of hydrogen-bond donors (Lipinski definition) is 3. The zero-order valence-corrected chi connectivity index (χ0v) is 21.3. The molecule has 0 saturated carbocycles. The van der Waals surface area contributed by atoms with Crippen LogP contribution in [0.3, 0.4) is 0 Å². The van der Waals surface area contributed by atoms with E-state index in [1.807, 2.05) is 24.1 Å². The van der Waals surface area contributed by atoms with Crippen molar-refractivity contribution in [3.63, 3.8) is 0 Å². The second-order valence-corrected chi connectivity index (χ2v) is 10.1. The molecule has 2 aromatic carbocycles. The Morgan fingerprint density at radius 2 is 1.61 bits per heavy atom. The lowest BCUT2D eigenvalue weighted by atomic mass is 10.0. The van der Waals surface area contributed by atoms with Crippen LogP contribution in [0.5, 0.6) is 0 Å². The van der Waals surface area contributed by atoms with Crippen molar-refractivity contribution in [1.82, 2.24) is 0 Å². The van der Waals surface area contributed by atoms with Gasteiger partial charge in [-0.3, -0.25) is 4.72 Å². The number of unbranched alkanes of at least 4 members (excludes halogenated alkanes) is 1. The van der Waals surface area contributed by atoms with Crippen molar-refractivity contribution in [3.05, 3.63) is 53.6 Å². The number of aromatic carboxylic acids is 1. The molecule has 8 nitrogen and oxygen atoms in total. The van der Waals surface area contributed by atoms with E-state index < -0.39 is 28.1 Å². The number of nitrogens with one attached hydrogen (secondary N) is 1. The van der Waals surface area contributed by atoms with Crippen LogP contribution in [-0.4, -0.2) is 50.3 Å². The molecule has 36 heavy (non-hydrogen) atoms. The fraction of sp³-hybridized carbons (Fsp3) is 0.417. The van der Waals surface area contributed by atoms with E-state index >= 15 is 0 Å². The average molecular weight is 533 g/mol. The van der Waals surface area contributed by atoms with Crippen LogP contribution in [0.25, 0.3) is 0 Å². The number of rotatable bonds is 10. The number of aliphatic carboxylic acids is 1. The lowest BCUT2D eigenvalue weighted by molar-refractivity contribution is -0.192. The third-order valence-corrected chi connectivity index (χ3v) is 6.25. The molecule has 200 valence electrons. The monoisotopic (exact) mass is 532 g/mol. The van der Waals surface area contributed by atoms with Crippen molar-refractivity contribution < 1.29 is 41.4 Å². The van der Waals surface area contributed by atoms with Gasteiger partial charge in [0.2, 0.25) is 0 Å². The van der Waals surface area contributed by atoms with Gasteiger partial charge in [-0.1, -0.05) is 39.3 Å². The molecule has 0 bridgehead atoms. The minimum Gasteiger partial charge on any atom is -0.478 e.